The van der Waals surface area contributed by atoms with Crippen LogP contribution in [0.15, 0.2) is 6.20 Å². The summed E-state index contributed by atoms with van der Waals surface area (Å²) >= 11 is 5.88. The van der Waals surface area contributed by atoms with E-state index in [1.165, 1.54) is 6.20 Å². The lowest BCUT2D eigenvalue weighted by molar-refractivity contribution is 0.268. The van der Waals surface area contributed by atoms with Gasteiger partial charge in [0.2, 0.25) is 11.8 Å². The number of halogens is 1. The maximum atomic E-state index is 5.88. The molecule has 0 aliphatic heterocycles. The summed E-state index contributed by atoms with van der Waals surface area (Å²) in [4.78, 5) is 8.15. The third kappa shape index (κ3) is 3.59. The van der Waals surface area contributed by atoms with E-state index >= 15 is 0 Å². The van der Waals surface area contributed by atoms with Crippen molar-refractivity contribution in [3.63, 3.8) is 0 Å². The molecule has 0 aliphatic rings. The SMILES string of the molecule is C#CC(C)Oc1nc(NCCC)ncc1Cl. The van der Waals surface area contributed by atoms with Crippen molar-refractivity contribution in [2.45, 2.75) is 26.4 Å². The van der Waals surface area contributed by atoms with Crippen molar-refractivity contribution in [1.82, 2.24) is 9.97 Å². The summed E-state index contributed by atoms with van der Waals surface area (Å²) in [6.07, 6.45) is 7.32. The van der Waals surface area contributed by atoms with Gasteiger partial charge in [0.1, 0.15) is 5.02 Å². The van der Waals surface area contributed by atoms with Crippen LogP contribution < -0.4 is 10.1 Å². The van der Waals surface area contributed by atoms with Gasteiger partial charge < -0.3 is 10.1 Å². The highest BCUT2D eigenvalue weighted by molar-refractivity contribution is 6.31. The summed E-state index contributed by atoms with van der Waals surface area (Å²) in [6.45, 7) is 4.60. The van der Waals surface area contributed by atoms with Gasteiger partial charge in [-0.15, -0.1) is 6.42 Å². The molecule has 1 rings (SSSR count). The van der Waals surface area contributed by atoms with Crippen LogP contribution in [0.2, 0.25) is 5.02 Å². The molecule has 1 N–H and O–H groups in total. The van der Waals surface area contributed by atoms with Crippen LogP contribution in [0.5, 0.6) is 5.88 Å². The molecule has 0 aromatic carbocycles. The van der Waals surface area contributed by atoms with E-state index in [1.54, 1.807) is 6.92 Å². The normalized spacial score (nSPS) is 11.6. The number of nitrogens with zero attached hydrogens (tertiary/aromatic N) is 2. The van der Waals surface area contributed by atoms with Gasteiger partial charge in [0, 0.05) is 6.54 Å². The average Bonchev–Trinajstić information content (AvgIpc) is 2.30. The van der Waals surface area contributed by atoms with Gasteiger partial charge in [0.15, 0.2) is 6.10 Å². The predicted molar refractivity (Wildman–Crippen MR) is 64.7 cm³/mol. The van der Waals surface area contributed by atoms with E-state index in [-0.39, 0.29) is 6.10 Å². The molecule has 1 atom stereocenters. The fraction of sp³-hybridized carbons (Fsp3) is 0.455. The molecule has 0 radical (unpaired) electrons. The summed E-state index contributed by atoms with van der Waals surface area (Å²) in [6, 6.07) is 0. The number of terminal acetylenes is 1. The van der Waals surface area contributed by atoms with Crippen LogP contribution >= 0.6 is 11.6 Å². The highest BCUT2D eigenvalue weighted by Gasteiger charge is 2.08. The van der Waals surface area contributed by atoms with E-state index < -0.39 is 0 Å². The second kappa shape index (κ2) is 6.19. The molecule has 4 nitrogen and oxygen atoms in total. The highest BCUT2D eigenvalue weighted by atomic mass is 35.5. The molecule has 0 spiro atoms. The minimum Gasteiger partial charge on any atom is -0.460 e. The Labute approximate surface area is 100 Å². The molecule has 0 aliphatic carbocycles. The van der Waals surface area contributed by atoms with Crippen LogP contribution in [0.4, 0.5) is 5.95 Å². The smallest absolute Gasteiger partial charge is 0.238 e. The summed E-state index contributed by atoms with van der Waals surface area (Å²) in [5.41, 5.74) is 0. The lowest BCUT2D eigenvalue weighted by Gasteiger charge is -2.10. The van der Waals surface area contributed by atoms with Crippen LogP contribution in [0.25, 0.3) is 0 Å². The Hall–Kier alpha value is -1.47. The third-order valence-electron chi connectivity index (χ3n) is 1.77. The topological polar surface area (TPSA) is 47.0 Å². The number of ether oxygens (including phenoxy) is 1. The Morgan fingerprint density at radius 1 is 1.69 bits per heavy atom. The van der Waals surface area contributed by atoms with Gasteiger partial charge >= 0.3 is 0 Å². The standard InChI is InChI=1S/C11H14ClN3O/c1-4-6-13-11-14-7-9(12)10(15-11)16-8(3)5-2/h2,7-8H,4,6H2,1,3H3,(H,13,14,15). The number of rotatable bonds is 5. The molecule has 0 bridgehead atoms. The van der Waals surface area contributed by atoms with Crippen molar-refractivity contribution < 1.29 is 4.74 Å². The molecule has 1 unspecified atom stereocenters. The summed E-state index contributed by atoms with van der Waals surface area (Å²) < 4.78 is 5.36. The molecule has 5 heteroatoms. The largest absolute Gasteiger partial charge is 0.460 e. The van der Waals surface area contributed by atoms with Crippen molar-refractivity contribution in [3.05, 3.63) is 11.2 Å². The van der Waals surface area contributed by atoms with Crippen LogP contribution in [0.1, 0.15) is 20.3 Å². The van der Waals surface area contributed by atoms with Gasteiger partial charge in [-0.1, -0.05) is 24.4 Å². The van der Waals surface area contributed by atoms with E-state index in [0.717, 1.165) is 13.0 Å². The minimum atomic E-state index is -0.369. The molecule has 0 saturated heterocycles. The van der Waals surface area contributed by atoms with Gasteiger partial charge in [-0.2, -0.15) is 4.98 Å². The fourth-order valence-electron chi connectivity index (χ4n) is 0.958. The molecule has 1 heterocycles. The quantitative estimate of drug-likeness (QED) is 0.802. The molecule has 16 heavy (non-hydrogen) atoms. The lowest BCUT2D eigenvalue weighted by atomic mass is 10.4. The van der Waals surface area contributed by atoms with E-state index in [4.69, 9.17) is 22.8 Å². The first-order valence-corrected chi connectivity index (χ1v) is 5.44. The third-order valence-corrected chi connectivity index (χ3v) is 2.03. The number of aromatic nitrogens is 2. The Morgan fingerprint density at radius 3 is 3.06 bits per heavy atom. The molecule has 0 fully saturated rings. The Bertz CT molecular complexity index is 389. The van der Waals surface area contributed by atoms with Crippen LogP contribution in [0.3, 0.4) is 0 Å². The second-order valence-electron chi connectivity index (χ2n) is 3.20. The zero-order valence-corrected chi connectivity index (χ0v) is 10.1. The minimum absolute atomic E-state index is 0.306. The zero-order chi connectivity index (χ0) is 12.0. The monoisotopic (exact) mass is 239 g/mol. The Morgan fingerprint density at radius 2 is 2.44 bits per heavy atom. The number of anilines is 1. The van der Waals surface area contributed by atoms with Gasteiger partial charge in [-0.25, -0.2) is 4.98 Å². The first-order chi connectivity index (χ1) is 7.67. The molecule has 1 aromatic rings. The average molecular weight is 240 g/mol. The van der Waals surface area contributed by atoms with Gasteiger partial charge in [0.05, 0.1) is 6.20 Å². The number of hydrogen-bond acceptors (Lipinski definition) is 4. The van der Waals surface area contributed by atoms with E-state index in [1.807, 2.05) is 0 Å². The molecular formula is C11H14ClN3O. The van der Waals surface area contributed by atoms with Gasteiger partial charge in [-0.05, 0) is 13.3 Å². The van der Waals surface area contributed by atoms with Crippen molar-refractivity contribution >= 4 is 17.5 Å². The van der Waals surface area contributed by atoms with E-state index in [2.05, 4.69) is 28.1 Å². The summed E-state index contributed by atoms with van der Waals surface area (Å²) in [7, 11) is 0. The Kier molecular flexibility index (Phi) is 4.87. The molecule has 1 aromatic heterocycles. The second-order valence-corrected chi connectivity index (χ2v) is 3.61. The first kappa shape index (κ1) is 12.6. The van der Waals surface area contributed by atoms with Crippen molar-refractivity contribution in [2.24, 2.45) is 0 Å². The summed E-state index contributed by atoms with van der Waals surface area (Å²) in [5, 5.41) is 3.39. The molecule has 86 valence electrons. The molecular weight excluding hydrogens is 226 g/mol. The van der Waals surface area contributed by atoms with E-state index in [0.29, 0.717) is 16.9 Å². The molecule has 0 amide bonds. The number of nitrogens with one attached hydrogen (secondary N) is 1. The van der Waals surface area contributed by atoms with Crippen LogP contribution in [-0.4, -0.2) is 22.6 Å². The first-order valence-electron chi connectivity index (χ1n) is 5.06. The Balaban J connectivity index is 2.78. The van der Waals surface area contributed by atoms with E-state index in [9.17, 15) is 0 Å². The van der Waals surface area contributed by atoms with Crippen molar-refractivity contribution in [1.29, 1.82) is 0 Å². The highest BCUT2D eigenvalue weighted by Crippen LogP contribution is 2.22. The lowest BCUT2D eigenvalue weighted by Crippen LogP contribution is -2.11. The van der Waals surface area contributed by atoms with Crippen molar-refractivity contribution in [3.8, 4) is 18.2 Å². The predicted octanol–water partition coefficient (Wildman–Crippen LogP) is 2.35. The number of hydrogen-bond donors (Lipinski definition) is 1. The van der Waals surface area contributed by atoms with Gasteiger partial charge in [0.25, 0.3) is 0 Å². The van der Waals surface area contributed by atoms with Crippen LogP contribution in [-0.2, 0) is 0 Å². The summed E-state index contributed by atoms with van der Waals surface area (Å²) in [5.74, 6) is 3.24. The fourth-order valence-corrected chi connectivity index (χ4v) is 1.09. The maximum Gasteiger partial charge on any atom is 0.238 e. The molecule has 0 saturated carbocycles. The van der Waals surface area contributed by atoms with Crippen molar-refractivity contribution in [2.75, 3.05) is 11.9 Å². The van der Waals surface area contributed by atoms with Gasteiger partial charge in [-0.3, -0.25) is 0 Å². The maximum absolute atomic E-state index is 5.88. The van der Waals surface area contributed by atoms with Crippen LogP contribution in [0, 0.1) is 12.3 Å². The zero-order valence-electron chi connectivity index (χ0n) is 9.33.